The third kappa shape index (κ3) is 3.30. The van der Waals surface area contributed by atoms with Gasteiger partial charge in [0.15, 0.2) is 0 Å². The lowest BCUT2D eigenvalue weighted by atomic mass is 10.0. The van der Waals surface area contributed by atoms with E-state index < -0.39 is 0 Å². The van der Waals surface area contributed by atoms with Crippen LogP contribution in [0.5, 0.6) is 0 Å². The summed E-state index contributed by atoms with van der Waals surface area (Å²) in [6, 6.07) is 13.8. The Balaban J connectivity index is 1.80. The molecule has 21 heavy (non-hydrogen) atoms. The minimum absolute atomic E-state index is 0.0472. The molecule has 1 aliphatic heterocycles. The van der Waals surface area contributed by atoms with E-state index in [0.717, 1.165) is 30.4 Å². The van der Waals surface area contributed by atoms with E-state index in [0.29, 0.717) is 10.6 Å². The van der Waals surface area contributed by atoms with E-state index in [1.807, 2.05) is 11.0 Å². The molecule has 4 heteroatoms. The summed E-state index contributed by atoms with van der Waals surface area (Å²) in [7, 11) is 0. The number of halogens is 2. The lowest BCUT2D eigenvalue weighted by Gasteiger charge is -2.20. The van der Waals surface area contributed by atoms with Gasteiger partial charge in [0, 0.05) is 28.1 Å². The number of carbonyl (C=O) groups excluding carboxylic acids is 1. The Hall–Kier alpha value is -1.32. The molecule has 0 atom stereocenters. The van der Waals surface area contributed by atoms with Gasteiger partial charge in [-0.15, -0.1) is 0 Å². The van der Waals surface area contributed by atoms with Gasteiger partial charge >= 0.3 is 0 Å². The van der Waals surface area contributed by atoms with Gasteiger partial charge in [-0.1, -0.05) is 51.8 Å². The Labute approximate surface area is 137 Å². The molecule has 0 N–H and O–H groups in total. The van der Waals surface area contributed by atoms with Gasteiger partial charge in [-0.05, 0) is 42.2 Å². The lowest BCUT2D eigenvalue weighted by Crippen LogP contribution is -2.33. The molecule has 2 aromatic rings. The first kappa shape index (κ1) is 14.6. The van der Waals surface area contributed by atoms with Gasteiger partial charge in [-0.2, -0.15) is 0 Å². The van der Waals surface area contributed by atoms with Gasteiger partial charge in [0.1, 0.15) is 0 Å². The maximum Gasteiger partial charge on any atom is 0.253 e. The molecule has 0 bridgehead atoms. The zero-order chi connectivity index (χ0) is 14.8. The van der Waals surface area contributed by atoms with E-state index in [2.05, 4.69) is 40.2 Å². The van der Waals surface area contributed by atoms with Crippen LogP contribution in [0.3, 0.4) is 0 Å². The summed E-state index contributed by atoms with van der Waals surface area (Å²) >= 11 is 9.43. The topological polar surface area (TPSA) is 20.3 Å². The molecule has 0 unspecified atom stereocenters. The minimum atomic E-state index is 0.0472. The molecular weight excluding hydrogens is 350 g/mol. The van der Waals surface area contributed by atoms with Crippen LogP contribution in [0.15, 0.2) is 46.9 Å². The van der Waals surface area contributed by atoms with Crippen LogP contribution in [0, 0.1) is 0 Å². The zero-order valence-corrected chi connectivity index (χ0v) is 13.8. The highest BCUT2D eigenvalue weighted by Gasteiger charge is 2.20. The van der Waals surface area contributed by atoms with Crippen molar-refractivity contribution in [1.82, 2.24) is 4.90 Å². The van der Waals surface area contributed by atoms with Crippen LogP contribution in [0.4, 0.5) is 0 Å². The van der Waals surface area contributed by atoms with Crippen molar-refractivity contribution in [1.29, 1.82) is 0 Å². The van der Waals surface area contributed by atoms with Gasteiger partial charge in [0.2, 0.25) is 0 Å². The molecule has 0 spiro atoms. The number of fused-ring (bicyclic) bond motifs is 1. The third-order valence-electron chi connectivity index (χ3n) is 3.82. The largest absolute Gasteiger partial charge is 0.338 e. The molecule has 0 radical (unpaired) electrons. The first-order valence-corrected chi connectivity index (χ1v) is 8.13. The summed E-state index contributed by atoms with van der Waals surface area (Å²) in [6.45, 7) is 1.50. The monoisotopic (exact) mass is 363 g/mol. The Kier molecular flexibility index (Phi) is 4.32. The van der Waals surface area contributed by atoms with Crippen LogP contribution in [0.1, 0.15) is 21.5 Å². The van der Waals surface area contributed by atoms with Crippen LogP contribution >= 0.6 is 27.5 Å². The van der Waals surface area contributed by atoms with Crippen LogP contribution in [-0.2, 0) is 12.8 Å². The molecule has 0 aliphatic carbocycles. The molecular formula is C17H15BrClNO. The fourth-order valence-electron chi connectivity index (χ4n) is 2.73. The van der Waals surface area contributed by atoms with Gasteiger partial charge in [0.25, 0.3) is 5.91 Å². The number of benzene rings is 2. The number of hydrogen-bond donors (Lipinski definition) is 0. The molecule has 1 amide bonds. The maximum atomic E-state index is 12.7. The van der Waals surface area contributed by atoms with E-state index in [1.165, 1.54) is 11.1 Å². The fraction of sp³-hybridized carbons (Fsp3) is 0.235. The van der Waals surface area contributed by atoms with Gasteiger partial charge in [0.05, 0.1) is 0 Å². The first-order chi connectivity index (χ1) is 10.1. The van der Waals surface area contributed by atoms with E-state index in [9.17, 15) is 4.79 Å². The number of rotatable bonds is 1. The summed E-state index contributed by atoms with van der Waals surface area (Å²) in [5.41, 5.74) is 3.33. The van der Waals surface area contributed by atoms with Crippen LogP contribution in [-0.4, -0.2) is 23.9 Å². The fourth-order valence-corrected chi connectivity index (χ4v) is 3.59. The van der Waals surface area contributed by atoms with Crippen molar-refractivity contribution < 1.29 is 4.79 Å². The molecule has 0 saturated heterocycles. The second-order valence-corrected chi connectivity index (χ2v) is 6.57. The third-order valence-corrected chi connectivity index (χ3v) is 4.49. The molecule has 0 fully saturated rings. The second kappa shape index (κ2) is 6.20. The molecule has 1 heterocycles. The summed E-state index contributed by atoms with van der Waals surface area (Å²) < 4.78 is 0.830. The van der Waals surface area contributed by atoms with E-state index in [1.54, 1.807) is 12.1 Å². The number of carbonyl (C=O) groups is 1. The smallest absolute Gasteiger partial charge is 0.253 e. The predicted octanol–water partition coefficient (Wildman–Crippen LogP) is 4.34. The number of hydrogen-bond acceptors (Lipinski definition) is 1. The van der Waals surface area contributed by atoms with Crippen molar-refractivity contribution in [2.75, 3.05) is 13.1 Å². The second-order valence-electron chi connectivity index (χ2n) is 5.22. The highest BCUT2D eigenvalue weighted by atomic mass is 79.9. The Morgan fingerprint density at radius 2 is 1.67 bits per heavy atom. The standard InChI is InChI=1S/C17H15BrClNO/c18-15-9-14(10-16(19)11-15)17(21)20-7-5-12-3-1-2-4-13(12)6-8-20/h1-4,9-11H,5-8H2. The van der Waals surface area contributed by atoms with Gasteiger partial charge in [-0.25, -0.2) is 0 Å². The highest BCUT2D eigenvalue weighted by molar-refractivity contribution is 9.10. The first-order valence-electron chi connectivity index (χ1n) is 6.95. The normalized spacial score (nSPS) is 14.5. The van der Waals surface area contributed by atoms with Crippen LogP contribution in [0.2, 0.25) is 5.02 Å². The highest BCUT2D eigenvalue weighted by Crippen LogP contribution is 2.22. The average Bonchev–Trinajstić information content (AvgIpc) is 2.68. The summed E-state index contributed by atoms with van der Waals surface area (Å²) in [5, 5.41) is 0.575. The molecule has 108 valence electrons. The molecule has 2 aromatic carbocycles. The van der Waals surface area contributed by atoms with Crippen molar-refractivity contribution in [3.63, 3.8) is 0 Å². The van der Waals surface area contributed by atoms with E-state index >= 15 is 0 Å². The molecule has 3 rings (SSSR count). The van der Waals surface area contributed by atoms with E-state index in [4.69, 9.17) is 11.6 Å². The van der Waals surface area contributed by atoms with Crippen molar-refractivity contribution in [2.45, 2.75) is 12.8 Å². The Morgan fingerprint density at radius 3 is 2.24 bits per heavy atom. The quantitative estimate of drug-likeness (QED) is 0.737. The number of nitrogens with zero attached hydrogens (tertiary/aromatic N) is 1. The van der Waals surface area contributed by atoms with Gasteiger partial charge in [-0.3, -0.25) is 4.79 Å². The van der Waals surface area contributed by atoms with E-state index in [-0.39, 0.29) is 5.91 Å². The zero-order valence-electron chi connectivity index (χ0n) is 11.5. The summed E-state index contributed by atoms with van der Waals surface area (Å²) in [5.74, 6) is 0.0472. The van der Waals surface area contributed by atoms with Crippen molar-refractivity contribution >= 4 is 33.4 Å². The van der Waals surface area contributed by atoms with Crippen molar-refractivity contribution in [3.8, 4) is 0 Å². The Morgan fingerprint density at radius 1 is 1.05 bits per heavy atom. The maximum absolute atomic E-state index is 12.7. The average molecular weight is 365 g/mol. The van der Waals surface area contributed by atoms with Crippen molar-refractivity contribution in [2.24, 2.45) is 0 Å². The Bertz CT molecular complexity index is 639. The van der Waals surface area contributed by atoms with Gasteiger partial charge < -0.3 is 4.90 Å². The van der Waals surface area contributed by atoms with Crippen molar-refractivity contribution in [3.05, 3.63) is 68.7 Å². The lowest BCUT2D eigenvalue weighted by molar-refractivity contribution is 0.0763. The molecule has 0 saturated carbocycles. The van der Waals surface area contributed by atoms with Crippen LogP contribution < -0.4 is 0 Å². The van der Waals surface area contributed by atoms with Crippen LogP contribution in [0.25, 0.3) is 0 Å². The molecule has 0 aromatic heterocycles. The summed E-state index contributed by atoms with van der Waals surface area (Å²) in [6.07, 6.45) is 1.81. The predicted molar refractivity (Wildman–Crippen MR) is 88.9 cm³/mol. The summed E-state index contributed by atoms with van der Waals surface area (Å²) in [4.78, 5) is 14.6. The number of amides is 1. The minimum Gasteiger partial charge on any atom is -0.338 e. The molecule has 1 aliphatic rings. The molecule has 2 nitrogen and oxygen atoms in total. The SMILES string of the molecule is O=C(c1cc(Cl)cc(Br)c1)N1CCc2ccccc2CC1.